The predicted molar refractivity (Wildman–Crippen MR) is 75.7 cm³/mol. The molecule has 2 aromatic rings. The van der Waals surface area contributed by atoms with E-state index in [1.807, 2.05) is 25.6 Å². The second kappa shape index (κ2) is 6.15. The molecule has 0 aliphatic carbocycles. The van der Waals surface area contributed by atoms with E-state index < -0.39 is 6.10 Å². The molecule has 20 heavy (non-hydrogen) atoms. The van der Waals surface area contributed by atoms with Crippen LogP contribution in [0.15, 0.2) is 24.3 Å². The maximum absolute atomic E-state index is 13.1. The molecule has 108 valence electrons. The number of aromatic nitrogens is 2. The van der Waals surface area contributed by atoms with Crippen LogP contribution in [-0.4, -0.2) is 21.4 Å². The highest BCUT2D eigenvalue weighted by Gasteiger charge is 2.11. The van der Waals surface area contributed by atoms with Crippen LogP contribution in [0.2, 0.25) is 0 Å². The lowest BCUT2D eigenvalue weighted by molar-refractivity contribution is 0.174. The van der Waals surface area contributed by atoms with Crippen LogP contribution in [-0.2, 0) is 13.6 Å². The van der Waals surface area contributed by atoms with Gasteiger partial charge >= 0.3 is 0 Å². The molecule has 2 rings (SSSR count). The average Bonchev–Trinajstić information content (AvgIpc) is 2.65. The van der Waals surface area contributed by atoms with Crippen molar-refractivity contribution < 1.29 is 9.50 Å². The van der Waals surface area contributed by atoms with Crippen molar-refractivity contribution in [3.05, 3.63) is 52.6 Å². The van der Waals surface area contributed by atoms with E-state index >= 15 is 0 Å². The minimum atomic E-state index is -0.719. The Bertz CT molecular complexity index is 595. The van der Waals surface area contributed by atoms with E-state index in [-0.39, 0.29) is 5.82 Å². The average molecular weight is 277 g/mol. The highest BCUT2D eigenvalue weighted by Crippen LogP contribution is 2.14. The van der Waals surface area contributed by atoms with E-state index in [2.05, 4.69) is 10.4 Å². The lowest BCUT2D eigenvalue weighted by atomic mass is 10.1. The molecule has 1 aromatic carbocycles. The van der Waals surface area contributed by atoms with Crippen molar-refractivity contribution in [3.8, 4) is 0 Å². The van der Waals surface area contributed by atoms with E-state index in [1.165, 1.54) is 12.1 Å². The van der Waals surface area contributed by atoms with Gasteiger partial charge in [0.15, 0.2) is 0 Å². The minimum absolute atomic E-state index is 0.333. The summed E-state index contributed by atoms with van der Waals surface area (Å²) in [5.41, 5.74) is 3.81. The van der Waals surface area contributed by atoms with Gasteiger partial charge in [0.05, 0.1) is 11.8 Å². The molecule has 0 fully saturated rings. The Labute approximate surface area is 118 Å². The first-order valence-electron chi connectivity index (χ1n) is 6.62. The molecule has 0 aliphatic rings. The van der Waals surface area contributed by atoms with Gasteiger partial charge in [0.25, 0.3) is 0 Å². The van der Waals surface area contributed by atoms with Gasteiger partial charge < -0.3 is 10.4 Å². The van der Waals surface area contributed by atoms with Crippen molar-refractivity contribution >= 4 is 0 Å². The first-order valence-corrected chi connectivity index (χ1v) is 6.62. The molecule has 1 heterocycles. The smallest absolute Gasteiger partial charge is 0.123 e. The van der Waals surface area contributed by atoms with Crippen LogP contribution in [0.25, 0.3) is 0 Å². The lowest BCUT2D eigenvalue weighted by Crippen LogP contribution is -2.21. The third-order valence-electron chi connectivity index (χ3n) is 3.53. The van der Waals surface area contributed by atoms with Crippen molar-refractivity contribution in [1.29, 1.82) is 0 Å². The standard InChI is InChI=1S/C15H20FN3O/c1-10-14(11(2)19(3)18-10)8-17-9-15(20)12-5-4-6-13(16)7-12/h4-7,15,17,20H,8-9H2,1-3H3. The number of rotatable bonds is 5. The normalized spacial score (nSPS) is 12.7. The third kappa shape index (κ3) is 3.23. The second-order valence-corrected chi connectivity index (χ2v) is 4.97. The first-order chi connectivity index (χ1) is 9.49. The zero-order valence-corrected chi connectivity index (χ0v) is 12.0. The molecule has 0 spiro atoms. The van der Waals surface area contributed by atoms with Crippen LogP contribution in [0.3, 0.4) is 0 Å². The summed E-state index contributed by atoms with van der Waals surface area (Å²) in [4.78, 5) is 0. The van der Waals surface area contributed by atoms with Gasteiger partial charge in [-0.05, 0) is 31.5 Å². The zero-order valence-electron chi connectivity index (χ0n) is 12.0. The number of nitrogens with zero attached hydrogens (tertiary/aromatic N) is 2. The number of benzene rings is 1. The largest absolute Gasteiger partial charge is 0.387 e. The van der Waals surface area contributed by atoms with Crippen LogP contribution < -0.4 is 5.32 Å². The monoisotopic (exact) mass is 277 g/mol. The van der Waals surface area contributed by atoms with Crippen molar-refractivity contribution in [2.45, 2.75) is 26.5 Å². The Kier molecular flexibility index (Phi) is 4.52. The summed E-state index contributed by atoms with van der Waals surface area (Å²) >= 11 is 0. The molecule has 0 aliphatic heterocycles. The summed E-state index contributed by atoms with van der Waals surface area (Å²) in [6, 6.07) is 6.04. The first kappa shape index (κ1) is 14.7. The maximum atomic E-state index is 13.1. The predicted octanol–water partition coefficient (Wildman–Crippen LogP) is 2.00. The SMILES string of the molecule is Cc1nn(C)c(C)c1CNCC(O)c1cccc(F)c1. The highest BCUT2D eigenvalue weighted by molar-refractivity contribution is 5.24. The molecule has 1 atom stereocenters. The molecule has 2 N–H and O–H groups in total. The third-order valence-corrected chi connectivity index (χ3v) is 3.53. The molecule has 1 unspecified atom stereocenters. The summed E-state index contributed by atoms with van der Waals surface area (Å²) in [6.07, 6.45) is -0.719. The van der Waals surface area contributed by atoms with Crippen molar-refractivity contribution in [2.75, 3.05) is 6.54 Å². The van der Waals surface area contributed by atoms with Crippen LogP contribution in [0.5, 0.6) is 0 Å². The molecule has 4 nitrogen and oxygen atoms in total. The van der Waals surface area contributed by atoms with E-state index in [0.29, 0.717) is 18.7 Å². The molecule has 5 heteroatoms. The molecule has 0 bridgehead atoms. The highest BCUT2D eigenvalue weighted by atomic mass is 19.1. The lowest BCUT2D eigenvalue weighted by Gasteiger charge is -2.12. The van der Waals surface area contributed by atoms with Gasteiger partial charge in [-0.25, -0.2) is 4.39 Å². The Balaban J connectivity index is 1.93. The Morgan fingerprint density at radius 3 is 2.75 bits per heavy atom. The van der Waals surface area contributed by atoms with Gasteiger partial charge in [0, 0.05) is 31.4 Å². The number of aryl methyl sites for hydroxylation is 2. The molecular weight excluding hydrogens is 257 g/mol. The van der Waals surface area contributed by atoms with Gasteiger partial charge in [0.1, 0.15) is 5.82 Å². The van der Waals surface area contributed by atoms with Gasteiger partial charge in [-0.1, -0.05) is 12.1 Å². The maximum Gasteiger partial charge on any atom is 0.123 e. The van der Waals surface area contributed by atoms with Crippen LogP contribution in [0, 0.1) is 19.7 Å². The summed E-state index contributed by atoms with van der Waals surface area (Å²) in [5.74, 6) is -0.333. The number of halogens is 1. The fourth-order valence-corrected chi connectivity index (χ4v) is 2.24. The van der Waals surface area contributed by atoms with Gasteiger partial charge in [0.2, 0.25) is 0 Å². The molecule has 0 saturated carbocycles. The number of hydrogen-bond acceptors (Lipinski definition) is 3. The summed E-state index contributed by atoms with van der Waals surface area (Å²) in [7, 11) is 1.91. The van der Waals surface area contributed by atoms with Gasteiger partial charge in [-0.2, -0.15) is 5.10 Å². The quantitative estimate of drug-likeness (QED) is 0.879. The van der Waals surface area contributed by atoms with Gasteiger partial charge in [-0.3, -0.25) is 4.68 Å². The molecule has 0 radical (unpaired) electrons. The van der Waals surface area contributed by atoms with Gasteiger partial charge in [-0.15, -0.1) is 0 Å². The van der Waals surface area contributed by atoms with E-state index in [0.717, 1.165) is 17.0 Å². The Morgan fingerprint density at radius 1 is 1.40 bits per heavy atom. The van der Waals surface area contributed by atoms with Crippen molar-refractivity contribution in [2.24, 2.45) is 7.05 Å². The summed E-state index contributed by atoms with van der Waals surface area (Å²) < 4.78 is 14.9. The van der Waals surface area contributed by atoms with Crippen LogP contribution >= 0.6 is 0 Å². The Morgan fingerprint density at radius 2 is 2.15 bits per heavy atom. The number of aliphatic hydroxyl groups is 1. The molecular formula is C15H20FN3O. The molecule has 0 saturated heterocycles. The number of aliphatic hydroxyl groups excluding tert-OH is 1. The number of nitrogens with one attached hydrogen (secondary N) is 1. The van der Waals surface area contributed by atoms with E-state index in [1.54, 1.807) is 12.1 Å². The van der Waals surface area contributed by atoms with Crippen molar-refractivity contribution in [3.63, 3.8) is 0 Å². The fraction of sp³-hybridized carbons (Fsp3) is 0.400. The molecule has 1 aromatic heterocycles. The zero-order chi connectivity index (χ0) is 14.7. The van der Waals surface area contributed by atoms with Crippen molar-refractivity contribution in [1.82, 2.24) is 15.1 Å². The summed E-state index contributed by atoms with van der Waals surface area (Å²) in [5, 5.41) is 17.5. The topological polar surface area (TPSA) is 50.1 Å². The fourth-order valence-electron chi connectivity index (χ4n) is 2.24. The Hall–Kier alpha value is -1.72. The summed E-state index contributed by atoms with van der Waals surface area (Å²) in [6.45, 7) is 4.99. The second-order valence-electron chi connectivity index (χ2n) is 4.97. The minimum Gasteiger partial charge on any atom is -0.387 e. The van der Waals surface area contributed by atoms with E-state index in [9.17, 15) is 9.50 Å². The number of hydrogen-bond donors (Lipinski definition) is 2. The van der Waals surface area contributed by atoms with Crippen LogP contribution in [0.4, 0.5) is 4.39 Å². The van der Waals surface area contributed by atoms with E-state index in [4.69, 9.17) is 0 Å². The van der Waals surface area contributed by atoms with Crippen LogP contribution in [0.1, 0.15) is 28.6 Å². The molecule has 0 amide bonds.